The molecule has 104 valence electrons. The Kier molecular flexibility index (Phi) is 3.27. The predicted octanol–water partition coefficient (Wildman–Crippen LogP) is 1.45. The number of hydrogen-bond donors (Lipinski definition) is 2. The van der Waals surface area contributed by atoms with E-state index in [-0.39, 0.29) is 17.6 Å². The van der Waals surface area contributed by atoms with Crippen LogP contribution in [0.2, 0.25) is 0 Å². The van der Waals surface area contributed by atoms with E-state index in [0.29, 0.717) is 12.0 Å². The third-order valence-corrected chi connectivity index (χ3v) is 3.33. The van der Waals surface area contributed by atoms with Gasteiger partial charge < -0.3 is 10.1 Å². The lowest BCUT2D eigenvalue weighted by Gasteiger charge is -2.06. The van der Waals surface area contributed by atoms with Crippen LogP contribution in [-0.2, 0) is 21.9 Å². The minimum Gasteiger partial charge on any atom is -0.396 e. The Hall–Kier alpha value is -1.61. The predicted molar refractivity (Wildman–Crippen MR) is 60.8 cm³/mol. The minimum atomic E-state index is -6.09. The smallest absolute Gasteiger partial charge is 0.396 e. The first-order valence-electron chi connectivity index (χ1n) is 5.17. The highest BCUT2D eigenvalue weighted by Crippen LogP contribution is 2.34. The first-order valence-corrected chi connectivity index (χ1v) is 6.56. The molecule has 5 nitrogen and oxygen atoms in total. The maximum Gasteiger partial charge on any atom is 0.430 e. The number of hydrogen-bond acceptors (Lipinski definition) is 4. The average Bonchev–Trinajstić information content (AvgIpc) is 2.71. The molecule has 19 heavy (non-hydrogen) atoms. The van der Waals surface area contributed by atoms with Crippen molar-refractivity contribution in [3.8, 4) is 0 Å². The molecule has 0 aliphatic heterocycles. The van der Waals surface area contributed by atoms with Gasteiger partial charge in [-0.1, -0.05) is 9.95 Å². The number of imidazole rings is 1. The Labute approximate surface area is 106 Å². The van der Waals surface area contributed by atoms with Crippen LogP contribution in [0.25, 0.3) is 11.0 Å². The second kappa shape index (κ2) is 4.49. The van der Waals surface area contributed by atoms with Gasteiger partial charge in [-0.05, 0) is 24.1 Å². The lowest BCUT2D eigenvalue weighted by atomic mass is 10.1. The van der Waals surface area contributed by atoms with Crippen molar-refractivity contribution in [2.45, 2.75) is 11.7 Å². The van der Waals surface area contributed by atoms with Gasteiger partial charge >= 0.3 is 15.5 Å². The fourth-order valence-electron chi connectivity index (χ4n) is 1.59. The van der Waals surface area contributed by atoms with Crippen molar-refractivity contribution in [1.29, 1.82) is 0 Å². The van der Waals surface area contributed by atoms with E-state index in [4.69, 9.17) is 5.11 Å². The van der Waals surface area contributed by atoms with E-state index in [9.17, 15) is 21.1 Å². The number of nitrogens with zero attached hydrogens (tertiary/aromatic N) is 1. The van der Waals surface area contributed by atoms with Crippen molar-refractivity contribution in [3.63, 3.8) is 0 Å². The summed E-state index contributed by atoms with van der Waals surface area (Å²) in [6, 6.07) is 4.36. The van der Waals surface area contributed by atoms with Crippen LogP contribution in [-0.4, -0.2) is 30.1 Å². The van der Waals surface area contributed by atoms with Crippen LogP contribution in [0.15, 0.2) is 18.2 Å². The van der Waals surface area contributed by atoms with Gasteiger partial charge in [0, 0.05) is 6.61 Å². The molecule has 1 heterocycles. The Morgan fingerprint density at radius 2 is 2.05 bits per heavy atom. The highest BCUT2D eigenvalue weighted by molar-refractivity contribution is 7.87. The van der Waals surface area contributed by atoms with Gasteiger partial charge in [-0.2, -0.15) is 17.2 Å². The standard InChI is InChI=1S/C10H9F3N2O3S/c11-10(12,19(13,17)18)9-14-7-2-1-6(3-4-16)5-8(7)15-9/h1-2,5,16H,3-4H2,(H,14,15). The Bertz CT molecular complexity index is 712. The molecule has 1 aromatic carbocycles. The van der Waals surface area contributed by atoms with E-state index in [1.165, 1.54) is 12.1 Å². The summed E-state index contributed by atoms with van der Waals surface area (Å²) in [6.45, 7) is -0.123. The molecule has 2 aromatic rings. The third-order valence-electron chi connectivity index (χ3n) is 2.53. The molecule has 0 saturated heterocycles. The van der Waals surface area contributed by atoms with Crippen molar-refractivity contribution < 1.29 is 26.2 Å². The number of benzene rings is 1. The van der Waals surface area contributed by atoms with Gasteiger partial charge in [-0.15, -0.1) is 0 Å². The van der Waals surface area contributed by atoms with Crippen LogP contribution in [0.5, 0.6) is 0 Å². The highest BCUT2D eigenvalue weighted by atomic mass is 32.3. The number of H-pyrrole nitrogens is 1. The van der Waals surface area contributed by atoms with Gasteiger partial charge in [-0.3, -0.25) is 0 Å². The van der Waals surface area contributed by atoms with Crippen LogP contribution in [0, 0.1) is 0 Å². The second-order valence-corrected chi connectivity index (χ2v) is 5.25. The first-order chi connectivity index (χ1) is 8.75. The van der Waals surface area contributed by atoms with E-state index in [0.717, 1.165) is 0 Å². The topological polar surface area (TPSA) is 83.1 Å². The normalized spacial score (nSPS) is 13.1. The number of nitrogens with one attached hydrogen (secondary N) is 1. The number of alkyl halides is 2. The monoisotopic (exact) mass is 294 g/mol. The number of aliphatic hydroxyl groups excluding tert-OH is 1. The van der Waals surface area contributed by atoms with Crippen molar-refractivity contribution in [1.82, 2.24) is 9.97 Å². The zero-order valence-corrected chi connectivity index (χ0v) is 10.2. The van der Waals surface area contributed by atoms with Crippen LogP contribution in [0.1, 0.15) is 11.4 Å². The lowest BCUT2D eigenvalue weighted by Crippen LogP contribution is -2.23. The van der Waals surface area contributed by atoms with Crippen LogP contribution >= 0.6 is 0 Å². The summed E-state index contributed by atoms with van der Waals surface area (Å²) in [6.07, 6.45) is 0.308. The van der Waals surface area contributed by atoms with Gasteiger partial charge in [0.2, 0.25) is 0 Å². The Morgan fingerprint density at radius 3 is 2.63 bits per heavy atom. The molecule has 0 aliphatic rings. The molecule has 0 amide bonds. The summed E-state index contributed by atoms with van der Waals surface area (Å²) in [4.78, 5) is 5.44. The molecule has 0 aliphatic carbocycles. The van der Waals surface area contributed by atoms with Crippen molar-refractivity contribution in [3.05, 3.63) is 29.6 Å². The zero-order chi connectivity index (χ0) is 14.3. The number of aromatic amines is 1. The van der Waals surface area contributed by atoms with E-state index in [1.807, 2.05) is 0 Å². The average molecular weight is 294 g/mol. The molecule has 9 heteroatoms. The minimum absolute atomic E-state index is 0.0833. The number of fused-ring (bicyclic) bond motifs is 1. The van der Waals surface area contributed by atoms with Gasteiger partial charge in [0.25, 0.3) is 0 Å². The lowest BCUT2D eigenvalue weighted by molar-refractivity contribution is 0.0755. The molecule has 0 unspecified atom stereocenters. The van der Waals surface area contributed by atoms with E-state index in [1.54, 1.807) is 6.07 Å². The maximum absolute atomic E-state index is 13.3. The number of aliphatic hydroxyl groups is 1. The van der Waals surface area contributed by atoms with Gasteiger partial charge in [0.05, 0.1) is 11.0 Å². The molecule has 0 fully saturated rings. The molecule has 0 bridgehead atoms. The fraction of sp³-hybridized carbons (Fsp3) is 0.300. The molecule has 0 saturated carbocycles. The van der Waals surface area contributed by atoms with Crippen molar-refractivity contribution in [2.24, 2.45) is 0 Å². The van der Waals surface area contributed by atoms with Crippen LogP contribution in [0.4, 0.5) is 12.7 Å². The van der Waals surface area contributed by atoms with E-state index in [2.05, 4.69) is 9.97 Å². The molecule has 0 radical (unpaired) electrons. The zero-order valence-electron chi connectivity index (χ0n) is 9.40. The van der Waals surface area contributed by atoms with Crippen LogP contribution in [0.3, 0.4) is 0 Å². The summed E-state index contributed by atoms with van der Waals surface area (Å²) in [5.41, 5.74) is 0.876. The molecular formula is C10H9F3N2O3S. The number of aromatic nitrogens is 2. The summed E-state index contributed by atoms with van der Waals surface area (Å²) < 4.78 is 59.8. The molecule has 1 aromatic heterocycles. The van der Waals surface area contributed by atoms with Gasteiger partial charge in [-0.25, -0.2) is 4.98 Å². The summed E-state index contributed by atoms with van der Waals surface area (Å²) in [5.74, 6) is -1.27. The maximum atomic E-state index is 13.3. The van der Waals surface area contributed by atoms with Crippen molar-refractivity contribution in [2.75, 3.05) is 6.61 Å². The quantitative estimate of drug-likeness (QED) is 0.836. The fourth-order valence-corrected chi connectivity index (χ4v) is 1.92. The third kappa shape index (κ3) is 2.43. The first kappa shape index (κ1) is 13.8. The number of halogens is 3. The summed E-state index contributed by atoms with van der Waals surface area (Å²) in [5, 5.41) is 4.04. The second-order valence-electron chi connectivity index (χ2n) is 3.87. The Morgan fingerprint density at radius 1 is 1.37 bits per heavy atom. The summed E-state index contributed by atoms with van der Waals surface area (Å²) in [7, 11) is -6.09. The molecule has 2 N–H and O–H groups in total. The van der Waals surface area contributed by atoms with Crippen molar-refractivity contribution >= 4 is 21.3 Å². The molecule has 2 rings (SSSR count). The van der Waals surface area contributed by atoms with Gasteiger partial charge in [0.1, 0.15) is 0 Å². The van der Waals surface area contributed by atoms with Gasteiger partial charge in [0.15, 0.2) is 5.82 Å². The summed E-state index contributed by atoms with van der Waals surface area (Å²) >= 11 is 0. The number of rotatable bonds is 4. The molecular weight excluding hydrogens is 285 g/mol. The molecule has 0 atom stereocenters. The largest absolute Gasteiger partial charge is 0.430 e. The van der Waals surface area contributed by atoms with Crippen LogP contribution < -0.4 is 0 Å². The van der Waals surface area contributed by atoms with E-state index < -0.39 is 21.3 Å². The Balaban J connectivity index is 2.53. The SMILES string of the molecule is O=S(=O)(F)C(F)(F)c1nc2ccc(CCO)cc2[nH]1. The highest BCUT2D eigenvalue weighted by Gasteiger charge is 2.50. The molecule has 0 spiro atoms. The van der Waals surface area contributed by atoms with E-state index >= 15 is 0 Å².